The summed E-state index contributed by atoms with van der Waals surface area (Å²) in [6, 6.07) is 2.87. The number of hydrogen-bond donors (Lipinski definition) is 2. The molecule has 2 N–H and O–H groups in total. The highest BCUT2D eigenvalue weighted by Gasteiger charge is 2.22. The summed E-state index contributed by atoms with van der Waals surface area (Å²) in [4.78, 5) is 26.8. The summed E-state index contributed by atoms with van der Waals surface area (Å²) < 4.78 is 0. The molecule has 0 aliphatic heterocycles. The smallest absolute Gasteiger partial charge is 0.247 e. The predicted octanol–water partition coefficient (Wildman–Crippen LogP) is 1.18. The first-order valence-corrected chi connectivity index (χ1v) is 5.48. The zero-order valence-corrected chi connectivity index (χ0v) is 10.2. The molecular weight excluding hydrogens is 218 g/mol. The van der Waals surface area contributed by atoms with E-state index < -0.39 is 6.04 Å². The van der Waals surface area contributed by atoms with E-state index in [0.717, 1.165) is 0 Å². The third-order valence-electron chi connectivity index (χ3n) is 2.26. The van der Waals surface area contributed by atoms with E-state index in [4.69, 9.17) is 0 Å². The molecule has 0 radical (unpaired) electrons. The SMILES string of the molecule is CC(=O)N[C@H](C(=O)Nc1ccncc1)C(C)C. The van der Waals surface area contributed by atoms with Gasteiger partial charge in [-0.1, -0.05) is 13.8 Å². The zero-order chi connectivity index (χ0) is 12.8. The average Bonchev–Trinajstić information content (AvgIpc) is 2.26. The summed E-state index contributed by atoms with van der Waals surface area (Å²) >= 11 is 0. The second-order valence-corrected chi connectivity index (χ2v) is 4.15. The van der Waals surface area contributed by atoms with Crippen LogP contribution in [0.2, 0.25) is 0 Å². The van der Waals surface area contributed by atoms with Gasteiger partial charge in [-0.3, -0.25) is 14.6 Å². The zero-order valence-electron chi connectivity index (χ0n) is 10.2. The number of carbonyl (C=O) groups excluding carboxylic acids is 2. The molecule has 0 unspecified atom stereocenters. The van der Waals surface area contributed by atoms with Gasteiger partial charge in [-0.15, -0.1) is 0 Å². The van der Waals surface area contributed by atoms with Gasteiger partial charge >= 0.3 is 0 Å². The Morgan fingerprint density at radius 1 is 1.24 bits per heavy atom. The number of anilines is 1. The van der Waals surface area contributed by atoms with Crippen molar-refractivity contribution < 1.29 is 9.59 Å². The van der Waals surface area contributed by atoms with Gasteiger partial charge in [-0.2, -0.15) is 0 Å². The van der Waals surface area contributed by atoms with Gasteiger partial charge in [-0.25, -0.2) is 0 Å². The van der Waals surface area contributed by atoms with Gasteiger partial charge < -0.3 is 10.6 Å². The number of rotatable bonds is 4. The van der Waals surface area contributed by atoms with E-state index in [1.807, 2.05) is 13.8 Å². The van der Waals surface area contributed by atoms with Crippen LogP contribution in [0.5, 0.6) is 0 Å². The molecule has 0 saturated carbocycles. The number of pyridine rings is 1. The van der Waals surface area contributed by atoms with Crippen LogP contribution < -0.4 is 10.6 Å². The summed E-state index contributed by atoms with van der Waals surface area (Å²) in [5.41, 5.74) is 0.668. The van der Waals surface area contributed by atoms with Gasteiger partial charge in [0.25, 0.3) is 0 Å². The van der Waals surface area contributed by atoms with Crippen molar-refractivity contribution in [1.29, 1.82) is 0 Å². The lowest BCUT2D eigenvalue weighted by Crippen LogP contribution is -2.46. The van der Waals surface area contributed by atoms with Crippen molar-refractivity contribution in [3.63, 3.8) is 0 Å². The molecule has 0 aliphatic rings. The fourth-order valence-corrected chi connectivity index (χ4v) is 1.41. The fourth-order valence-electron chi connectivity index (χ4n) is 1.41. The number of nitrogens with zero attached hydrogens (tertiary/aromatic N) is 1. The highest BCUT2D eigenvalue weighted by Crippen LogP contribution is 2.08. The van der Waals surface area contributed by atoms with Crippen molar-refractivity contribution in [3.8, 4) is 0 Å². The Morgan fingerprint density at radius 2 is 1.82 bits per heavy atom. The molecule has 0 saturated heterocycles. The van der Waals surface area contributed by atoms with Crippen LogP contribution in [-0.2, 0) is 9.59 Å². The molecule has 1 rings (SSSR count). The molecular formula is C12H17N3O2. The third kappa shape index (κ3) is 4.22. The lowest BCUT2D eigenvalue weighted by atomic mass is 10.0. The van der Waals surface area contributed by atoms with Crippen LogP contribution in [0, 0.1) is 5.92 Å². The first-order chi connectivity index (χ1) is 8.00. The van der Waals surface area contributed by atoms with E-state index >= 15 is 0 Å². The molecule has 0 fully saturated rings. The minimum Gasteiger partial charge on any atom is -0.344 e. The number of hydrogen-bond acceptors (Lipinski definition) is 3. The largest absolute Gasteiger partial charge is 0.344 e. The molecule has 2 amide bonds. The van der Waals surface area contributed by atoms with Crippen LogP contribution in [0.4, 0.5) is 5.69 Å². The van der Waals surface area contributed by atoms with Gasteiger partial charge in [0, 0.05) is 25.0 Å². The predicted molar refractivity (Wildman–Crippen MR) is 65.3 cm³/mol. The third-order valence-corrected chi connectivity index (χ3v) is 2.26. The summed E-state index contributed by atoms with van der Waals surface area (Å²) in [7, 11) is 0. The van der Waals surface area contributed by atoms with Crippen molar-refractivity contribution in [1.82, 2.24) is 10.3 Å². The van der Waals surface area contributed by atoms with Gasteiger partial charge in [0.1, 0.15) is 6.04 Å². The van der Waals surface area contributed by atoms with E-state index in [2.05, 4.69) is 15.6 Å². The van der Waals surface area contributed by atoms with Gasteiger partial charge in [0.15, 0.2) is 0 Å². The Bertz CT molecular complexity index is 390. The summed E-state index contributed by atoms with van der Waals surface area (Å²) in [6.45, 7) is 5.16. The summed E-state index contributed by atoms with van der Waals surface area (Å²) in [6.07, 6.45) is 3.19. The molecule has 1 aromatic heterocycles. The normalized spacial score (nSPS) is 12.0. The lowest BCUT2D eigenvalue weighted by molar-refractivity contribution is -0.126. The number of nitrogens with one attached hydrogen (secondary N) is 2. The van der Waals surface area contributed by atoms with Crippen molar-refractivity contribution >= 4 is 17.5 Å². The fraction of sp³-hybridized carbons (Fsp3) is 0.417. The van der Waals surface area contributed by atoms with Gasteiger partial charge in [-0.05, 0) is 18.1 Å². The molecule has 1 aromatic rings. The van der Waals surface area contributed by atoms with Crippen LogP contribution in [0.1, 0.15) is 20.8 Å². The van der Waals surface area contributed by atoms with E-state index in [0.29, 0.717) is 5.69 Å². The minimum atomic E-state index is -0.527. The lowest BCUT2D eigenvalue weighted by Gasteiger charge is -2.20. The van der Waals surface area contributed by atoms with Crippen molar-refractivity contribution in [2.45, 2.75) is 26.8 Å². The maximum absolute atomic E-state index is 11.9. The molecule has 0 spiro atoms. The van der Waals surface area contributed by atoms with E-state index in [9.17, 15) is 9.59 Å². The molecule has 1 heterocycles. The van der Waals surface area contributed by atoms with Gasteiger partial charge in [0.05, 0.1) is 0 Å². The molecule has 0 aromatic carbocycles. The van der Waals surface area contributed by atoms with E-state index in [1.54, 1.807) is 24.5 Å². The Balaban J connectivity index is 2.69. The van der Waals surface area contributed by atoms with E-state index in [-0.39, 0.29) is 17.7 Å². The Kier molecular flexibility index (Phi) is 4.63. The number of aromatic nitrogens is 1. The maximum atomic E-state index is 11.9. The quantitative estimate of drug-likeness (QED) is 0.823. The van der Waals surface area contributed by atoms with Crippen molar-refractivity contribution in [2.75, 3.05) is 5.32 Å². The van der Waals surface area contributed by atoms with Crippen LogP contribution in [-0.4, -0.2) is 22.8 Å². The highest BCUT2D eigenvalue weighted by atomic mass is 16.2. The molecule has 5 heteroatoms. The molecule has 5 nitrogen and oxygen atoms in total. The molecule has 92 valence electrons. The maximum Gasteiger partial charge on any atom is 0.247 e. The molecule has 0 bridgehead atoms. The van der Waals surface area contributed by atoms with Crippen LogP contribution >= 0.6 is 0 Å². The standard InChI is InChI=1S/C12H17N3O2/c1-8(2)11(14-9(3)16)12(17)15-10-4-6-13-7-5-10/h4-8,11H,1-3H3,(H,14,16)(H,13,15,17)/t11-/m0/s1. The summed E-state index contributed by atoms with van der Waals surface area (Å²) in [5.74, 6) is -0.407. The van der Waals surface area contributed by atoms with E-state index in [1.165, 1.54) is 6.92 Å². The highest BCUT2D eigenvalue weighted by molar-refractivity contribution is 5.97. The molecule has 0 aliphatic carbocycles. The van der Waals surface area contributed by atoms with Crippen LogP contribution in [0.3, 0.4) is 0 Å². The second-order valence-electron chi connectivity index (χ2n) is 4.15. The first kappa shape index (κ1) is 13.2. The number of amides is 2. The summed E-state index contributed by atoms with van der Waals surface area (Å²) in [5, 5.41) is 5.37. The van der Waals surface area contributed by atoms with Crippen LogP contribution in [0.25, 0.3) is 0 Å². The van der Waals surface area contributed by atoms with Gasteiger partial charge in [0.2, 0.25) is 11.8 Å². The molecule has 17 heavy (non-hydrogen) atoms. The molecule has 1 atom stereocenters. The Morgan fingerprint density at radius 3 is 2.29 bits per heavy atom. The monoisotopic (exact) mass is 235 g/mol. The second kappa shape index (κ2) is 5.98. The topological polar surface area (TPSA) is 71.1 Å². The van der Waals surface area contributed by atoms with Crippen molar-refractivity contribution in [3.05, 3.63) is 24.5 Å². The Labute approximate surface area is 101 Å². The van der Waals surface area contributed by atoms with Crippen LogP contribution in [0.15, 0.2) is 24.5 Å². The first-order valence-electron chi connectivity index (χ1n) is 5.48. The number of carbonyl (C=O) groups is 2. The van der Waals surface area contributed by atoms with Crippen molar-refractivity contribution in [2.24, 2.45) is 5.92 Å². The average molecular weight is 235 g/mol. The minimum absolute atomic E-state index is 0.0285. The Hall–Kier alpha value is -1.91.